The van der Waals surface area contributed by atoms with Crippen LogP contribution in [-0.4, -0.2) is 9.55 Å². The Morgan fingerprint density at radius 3 is 3.05 bits per heavy atom. The molecular formula is C14H15FN4. The van der Waals surface area contributed by atoms with Gasteiger partial charge >= 0.3 is 0 Å². The van der Waals surface area contributed by atoms with Crippen LogP contribution in [-0.2, 0) is 13.1 Å². The molecule has 0 saturated carbocycles. The van der Waals surface area contributed by atoms with Crippen LogP contribution in [0.4, 0.5) is 10.1 Å². The number of hydrogen-bond acceptors (Lipinski definition) is 3. The van der Waals surface area contributed by atoms with E-state index in [4.69, 9.17) is 5.26 Å². The lowest BCUT2D eigenvalue weighted by Crippen LogP contribution is -2.07. The van der Waals surface area contributed by atoms with Gasteiger partial charge in [-0.3, -0.25) is 0 Å². The molecule has 1 N–H and O–H groups in total. The summed E-state index contributed by atoms with van der Waals surface area (Å²) in [6, 6.07) is 6.13. The highest BCUT2D eigenvalue weighted by atomic mass is 19.1. The number of aromatic nitrogens is 2. The highest BCUT2D eigenvalue weighted by molar-refractivity contribution is 5.57. The summed E-state index contributed by atoms with van der Waals surface area (Å²) in [4.78, 5) is 4.11. The number of aryl methyl sites for hydroxylation is 1. The molecule has 0 saturated heterocycles. The van der Waals surface area contributed by atoms with Crippen LogP contribution in [0.15, 0.2) is 30.7 Å². The SMILES string of the molecule is CCCn1cncc1CNc1ccc(F)cc1C#N. The molecule has 0 bridgehead atoms. The van der Waals surface area contributed by atoms with Crippen LogP contribution in [0.3, 0.4) is 0 Å². The highest BCUT2D eigenvalue weighted by Gasteiger charge is 2.05. The summed E-state index contributed by atoms with van der Waals surface area (Å²) >= 11 is 0. The Labute approximate surface area is 111 Å². The van der Waals surface area contributed by atoms with Gasteiger partial charge in [0.1, 0.15) is 11.9 Å². The van der Waals surface area contributed by atoms with Gasteiger partial charge in [0.25, 0.3) is 0 Å². The standard InChI is InChI=1S/C14H15FN4/c1-2-5-19-10-17-8-13(19)9-18-14-4-3-12(15)6-11(14)7-16/h3-4,6,8,10,18H,2,5,9H2,1H3. The van der Waals surface area contributed by atoms with E-state index in [0.717, 1.165) is 18.7 Å². The molecule has 0 unspecified atom stereocenters. The van der Waals surface area contributed by atoms with Crippen molar-refractivity contribution >= 4 is 5.69 Å². The van der Waals surface area contributed by atoms with Crippen LogP contribution in [0.25, 0.3) is 0 Å². The summed E-state index contributed by atoms with van der Waals surface area (Å²) in [5.41, 5.74) is 1.98. The second-order valence-electron chi connectivity index (χ2n) is 4.23. The molecular weight excluding hydrogens is 243 g/mol. The molecule has 0 spiro atoms. The average Bonchev–Trinajstić information content (AvgIpc) is 2.85. The molecule has 98 valence electrons. The van der Waals surface area contributed by atoms with Crippen molar-refractivity contribution in [1.29, 1.82) is 5.26 Å². The lowest BCUT2D eigenvalue weighted by atomic mass is 10.2. The first kappa shape index (κ1) is 13.1. The first-order valence-electron chi connectivity index (χ1n) is 6.17. The lowest BCUT2D eigenvalue weighted by molar-refractivity contribution is 0.627. The molecule has 0 aliphatic rings. The Bertz CT molecular complexity index is 598. The summed E-state index contributed by atoms with van der Waals surface area (Å²) in [5, 5.41) is 12.1. The van der Waals surface area contributed by atoms with Crippen LogP contribution in [0.2, 0.25) is 0 Å². The van der Waals surface area contributed by atoms with Crippen molar-refractivity contribution in [2.75, 3.05) is 5.32 Å². The predicted octanol–water partition coefficient (Wildman–Crippen LogP) is 2.92. The van der Waals surface area contributed by atoms with E-state index in [-0.39, 0.29) is 0 Å². The third-order valence-electron chi connectivity index (χ3n) is 2.83. The van der Waals surface area contributed by atoms with Gasteiger partial charge in [-0.25, -0.2) is 9.37 Å². The van der Waals surface area contributed by atoms with Gasteiger partial charge in [0.2, 0.25) is 0 Å². The zero-order chi connectivity index (χ0) is 13.7. The molecule has 0 aliphatic heterocycles. The van der Waals surface area contributed by atoms with Crippen LogP contribution < -0.4 is 5.32 Å². The predicted molar refractivity (Wildman–Crippen MR) is 71.0 cm³/mol. The highest BCUT2D eigenvalue weighted by Crippen LogP contribution is 2.17. The van der Waals surface area contributed by atoms with E-state index >= 15 is 0 Å². The topological polar surface area (TPSA) is 53.6 Å². The van der Waals surface area contributed by atoms with E-state index in [1.165, 1.54) is 12.1 Å². The number of imidazole rings is 1. The zero-order valence-corrected chi connectivity index (χ0v) is 10.7. The summed E-state index contributed by atoms with van der Waals surface area (Å²) in [6.45, 7) is 3.57. The maximum Gasteiger partial charge on any atom is 0.124 e. The summed E-state index contributed by atoms with van der Waals surface area (Å²) in [7, 11) is 0. The van der Waals surface area contributed by atoms with E-state index in [9.17, 15) is 4.39 Å². The maximum absolute atomic E-state index is 13.0. The van der Waals surface area contributed by atoms with E-state index in [1.54, 1.807) is 18.6 Å². The van der Waals surface area contributed by atoms with Crippen molar-refractivity contribution in [2.24, 2.45) is 0 Å². The summed E-state index contributed by atoms with van der Waals surface area (Å²) in [6.07, 6.45) is 4.61. The van der Waals surface area contributed by atoms with Crippen LogP contribution in [0.1, 0.15) is 24.6 Å². The van der Waals surface area contributed by atoms with Gasteiger partial charge in [-0.1, -0.05) is 6.92 Å². The fraction of sp³-hybridized carbons (Fsp3) is 0.286. The minimum Gasteiger partial charge on any atom is -0.378 e. The maximum atomic E-state index is 13.0. The first-order chi connectivity index (χ1) is 9.24. The number of nitrogens with one attached hydrogen (secondary N) is 1. The zero-order valence-electron chi connectivity index (χ0n) is 10.7. The van der Waals surface area contributed by atoms with Crippen LogP contribution in [0, 0.1) is 17.1 Å². The fourth-order valence-corrected chi connectivity index (χ4v) is 1.89. The third kappa shape index (κ3) is 3.10. The minimum atomic E-state index is -0.405. The summed E-state index contributed by atoms with van der Waals surface area (Å²) in [5.74, 6) is -0.405. The smallest absolute Gasteiger partial charge is 0.124 e. The van der Waals surface area contributed by atoms with Crippen molar-refractivity contribution in [3.05, 3.63) is 47.8 Å². The van der Waals surface area contributed by atoms with Gasteiger partial charge < -0.3 is 9.88 Å². The first-order valence-corrected chi connectivity index (χ1v) is 6.17. The molecule has 0 amide bonds. The van der Waals surface area contributed by atoms with Gasteiger partial charge in [-0.2, -0.15) is 5.26 Å². The molecule has 19 heavy (non-hydrogen) atoms. The lowest BCUT2D eigenvalue weighted by Gasteiger charge is -2.10. The fourth-order valence-electron chi connectivity index (χ4n) is 1.89. The van der Waals surface area contributed by atoms with Crippen molar-refractivity contribution in [1.82, 2.24) is 9.55 Å². The third-order valence-corrected chi connectivity index (χ3v) is 2.83. The quantitative estimate of drug-likeness (QED) is 0.897. The Morgan fingerprint density at radius 1 is 1.47 bits per heavy atom. The molecule has 0 radical (unpaired) electrons. The van der Waals surface area contributed by atoms with Gasteiger partial charge in [0, 0.05) is 12.7 Å². The number of hydrogen-bond donors (Lipinski definition) is 1. The van der Waals surface area contributed by atoms with Crippen molar-refractivity contribution < 1.29 is 4.39 Å². The van der Waals surface area contributed by atoms with E-state index < -0.39 is 5.82 Å². The number of benzene rings is 1. The van der Waals surface area contributed by atoms with Crippen LogP contribution in [0.5, 0.6) is 0 Å². The molecule has 0 atom stereocenters. The van der Waals surface area contributed by atoms with E-state index in [1.807, 2.05) is 6.07 Å². The monoisotopic (exact) mass is 258 g/mol. The number of halogens is 1. The molecule has 2 aromatic rings. The number of nitrogens with zero attached hydrogens (tertiary/aromatic N) is 3. The van der Waals surface area contributed by atoms with Gasteiger partial charge in [0.15, 0.2) is 0 Å². The Hall–Kier alpha value is -2.35. The molecule has 0 fully saturated rings. The second-order valence-corrected chi connectivity index (χ2v) is 4.23. The van der Waals surface area contributed by atoms with Crippen molar-refractivity contribution in [3.8, 4) is 6.07 Å². The normalized spacial score (nSPS) is 10.2. The number of rotatable bonds is 5. The van der Waals surface area contributed by atoms with Crippen molar-refractivity contribution in [3.63, 3.8) is 0 Å². The molecule has 1 aromatic heterocycles. The molecule has 5 heteroatoms. The molecule has 0 aliphatic carbocycles. The van der Waals surface area contributed by atoms with Crippen molar-refractivity contribution in [2.45, 2.75) is 26.4 Å². The Balaban J connectivity index is 2.10. The summed E-state index contributed by atoms with van der Waals surface area (Å²) < 4.78 is 15.1. The second kappa shape index (κ2) is 6.01. The Morgan fingerprint density at radius 2 is 2.32 bits per heavy atom. The molecule has 4 nitrogen and oxygen atoms in total. The molecule has 1 aromatic carbocycles. The Kier molecular flexibility index (Phi) is 4.14. The number of nitriles is 1. The average molecular weight is 258 g/mol. The number of anilines is 1. The van der Waals surface area contributed by atoms with E-state index in [0.29, 0.717) is 17.8 Å². The van der Waals surface area contributed by atoms with E-state index in [2.05, 4.69) is 21.8 Å². The molecule has 2 rings (SSSR count). The molecule has 1 heterocycles. The van der Waals surface area contributed by atoms with Crippen LogP contribution >= 0.6 is 0 Å². The minimum absolute atomic E-state index is 0.307. The largest absolute Gasteiger partial charge is 0.378 e. The van der Waals surface area contributed by atoms with Gasteiger partial charge in [0.05, 0.1) is 29.8 Å². The van der Waals surface area contributed by atoms with Gasteiger partial charge in [-0.05, 0) is 24.6 Å². The van der Waals surface area contributed by atoms with Gasteiger partial charge in [-0.15, -0.1) is 0 Å².